The molecule has 1 rings (SSSR count). The summed E-state index contributed by atoms with van der Waals surface area (Å²) in [6.45, 7) is -2.87. The summed E-state index contributed by atoms with van der Waals surface area (Å²) in [5, 5.41) is 0. The van der Waals surface area contributed by atoms with Gasteiger partial charge in [0, 0.05) is 17.3 Å². The number of halogens is 2. The minimum absolute atomic E-state index is 0.0250. The van der Waals surface area contributed by atoms with E-state index in [1.165, 1.54) is 18.2 Å². The SMILES string of the molecule is C#Cc1cc(N)cc(OC(F)F)c1. The van der Waals surface area contributed by atoms with E-state index in [9.17, 15) is 8.78 Å². The summed E-state index contributed by atoms with van der Waals surface area (Å²) in [4.78, 5) is 0. The number of ether oxygens (including phenoxy) is 1. The fourth-order valence-corrected chi connectivity index (χ4v) is 0.876. The Bertz CT molecular complexity index is 344. The van der Waals surface area contributed by atoms with Gasteiger partial charge in [0.2, 0.25) is 0 Å². The van der Waals surface area contributed by atoms with Crippen molar-refractivity contribution < 1.29 is 13.5 Å². The third-order valence-corrected chi connectivity index (χ3v) is 1.32. The minimum Gasteiger partial charge on any atom is -0.435 e. The van der Waals surface area contributed by atoms with Crippen molar-refractivity contribution in [3.8, 4) is 18.1 Å². The maximum Gasteiger partial charge on any atom is 0.387 e. The standard InChI is InChI=1S/C9H7F2NO/c1-2-6-3-7(12)5-8(4-6)13-9(10)11/h1,3-5,9H,12H2. The van der Waals surface area contributed by atoms with Gasteiger partial charge in [-0.3, -0.25) is 0 Å². The average molecular weight is 183 g/mol. The van der Waals surface area contributed by atoms with Gasteiger partial charge in [-0.15, -0.1) is 6.42 Å². The zero-order valence-electron chi connectivity index (χ0n) is 6.63. The molecule has 2 N–H and O–H groups in total. The van der Waals surface area contributed by atoms with Crippen LogP contribution in [0, 0.1) is 12.3 Å². The number of rotatable bonds is 2. The Balaban J connectivity index is 2.96. The van der Waals surface area contributed by atoms with E-state index in [0.29, 0.717) is 11.3 Å². The van der Waals surface area contributed by atoms with Gasteiger partial charge in [0.05, 0.1) is 0 Å². The van der Waals surface area contributed by atoms with Gasteiger partial charge in [-0.1, -0.05) is 5.92 Å². The van der Waals surface area contributed by atoms with Crippen molar-refractivity contribution in [2.75, 3.05) is 5.73 Å². The lowest BCUT2D eigenvalue weighted by Gasteiger charge is -2.05. The lowest BCUT2D eigenvalue weighted by molar-refractivity contribution is -0.0498. The van der Waals surface area contributed by atoms with E-state index < -0.39 is 6.61 Å². The topological polar surface area (TPSA) is 35.2 Å². The fourth-order valence-electron chi connectivity index (χ4n) is 0.876. The Hall–Kier alpha value is -1.76. The van der Waals surface area contributed by atoms with Crippen LogP contribution in [0.3, 0.4) is 0 Å². The van der Waals surface area contributed by atoms with Crippen molar-refractivity contribution in [1.29, 1.82) is 0 Å². The Labute approximate surface area is 74.3 Å². The van der Waals surface area contributed by atoms with Crippen LogP contribution >= 0.6 is 0 Å². The number of terminal acetylenes is 1. The molecule has 0 bridgehead atoms. The van der Waals surface area contributed by atoms with E-state index in [2.05, 4.69) is 10.7 Å². The molecule has 0 unspecified atom stereocenters. The van der Waals surface area contributed by atoms with Crippen molar-refractivity contribution in [3.63, 3.8) is 0 Å². The number of nitrogens with two attached hydrogens (primary N) is 1. The van der Waals surface area contributed by atoms with E-state index in [0.717, 1.165) is 0 Å². The molecular formula is C9H7F2NO. The molecule has 0 aliphatic heterocycles. The summed E-state index contributed by atoms with van der Waals surface area (Å²) < 4.78 is 27.7. The van der Waals surface area contributed by atoms with Crippen LogP contribution in [0.5, 0.6) is 5.75 Å². The minimum atomic E-state index is -2.87. The van der Waals surface area contributed by atoms with Crippen molar-refractivity contribution in [2.45, 2.75) is 6.61 Å². The summed E-state index contributed by atoms with van der Waals surface area (Å²) in [6.07, 6.45) is 5.07. The number of hydrogen-bond donors (Lipinski definition) is 1. The largest absolute Gasteiger partial charge is 0.435 e. The molecule has 4 heteroatoms. The fraction of sp³-hybridized carbons (Fsp3) is 0.111. The van der Waals surface area contributed by atoms with Crippen LogP contribution in [0.1, 0.15) is 5.56 Å². The molecule has 0 spiro atoms. The monoisotopic (exact) mass is 183 g/mol. The highest BCUT2D eigenvalue weighted by atomic mass is 19.3. The average Bonchev–Trinajstić information content (AvgIpc) is 2.01. The van der Waals surface area contributed by atoms with Crippen LogP contribution in [-0.4, -0.2) is 6.61 Å². The first kappa shape index (κ1) is 9.33. The van der Waals surface area contributed by atoms with Crippen molar-refractivity contribution in [1.82, 2.24) is 0 Å². The van der Waals surface area contributed by atoms with Gasteiger partial charge in [0.25, 0.3) is 0 Å². The zero-order valence-corrected chi connectivity index (χ0v) is 6.63. The van der Waals surface area contributed by atoms with E-state index in [1.54, 1.807) is 0 Å². The molecule has 0 aromatic heterocycles. The number of hydrogen-bond acceptors (Lipinski definition) is 2. The molecule has 0 atom stereocenters. The second-order valence-electron chi connectivity index (χ2n) is 2.31. The van der Waals surface area contributed by atoms with Crippen LogP contribution in [0.25, 0.3) is 0 Å². The highest BCUT2D eigenvalue weighted by Crippen LogP contribution is 2.19. The third-order valence-electron chi connectivity index (χ3n) is 1.32. The summed E-state index contributed by atoms with van der Waals surface area (Å²) >= 11 is 0. The van der Waals surface area contributed by atoms with Gasteiger partial charge in [-0.2, -0.15) is 8.78 Å². The molecule has 1 aromatic rings. The Morgan fingerprint density at radius 1 is 1.38 bits per heavy atom. The number of nitrogen functional groups attached to an aromatic ring is 1. The first-order chi connectivity index (χ1) is 6.11. The molecule has 0 aliphatic carbocycles. The van der Waals surface area contributed by atoms with Crippen LogP contribution in [0.15, 0.2) is 18.2 Å². The van der Waals surface area contributed by atoms with Gasteiger partial charge in [0.15, 0.2) is 0 Å². The molecular weight excluding hydrogens is 176 g/mol. The molecule has 68 valence electrons. The molecule has 2 nitrogen and oxygen atoms in total. The summed E-state index contributed by atoms with van der Waals surface area (Å²) in [5.41, 5.74) is 6.10. The molecule has 0 saturated carbocycles. The van der Waals surface area contributed by atoms with Crippen LogP contribution in [0.2, 0.25) is 0 Å². The molecule has 13 heavy (non-hydrogen) atoms. The smallest absolute Gasteiger partial charge is 0.387 e. The Morgan fingerprint density at radius 3 is 2.62 bits per heavy atom. The Morgan fingerprint density at radius 2 is 2.08 bits per heavy atom. The highest BCUT2D eigenvalue weighted by molar-refractivity contribution is 5.52. The maximum atomic E-state index is 11.8. The lowest BCUT2D eigenvalue weighted by Crippen LogP contribution is -2.02. The maximum absolute atomic E-state index is 11.8. The van der Waals surface area contributed by atoms with E-state index >= 15 is 0 Å². The number of alkyl halides is 2. The van der Waals surface area contributed by atoms with E-state index in [1.807, 2.05) is 0 Å². The van der Waals surface area contributed by atoms with Crippen molar-refractivity contribution >= 4 is 5.69 Å². The summed E-state index contributed by atoms with van der Waals surface area (Å²) in [6, 6.07) is 4.11. The molecule has 0 aliphatic rings. The van der Waals surface area contributed by atoms with Crippen LogP contribution in [-0.2, 0) is 0 Å². The third kappa shape index (κ3) is 2.64. The first-order valence-corrected chi connectivity index (χ1v) is 3.44. The molecule has 0 amide bonds. The molecule has 1 aromatic carbocycles. The van der Waals surface area contributed by atoms with Crippen molar-refractivity contribution in [2.24, 2.45) is 0 Å². The number of benzene rings is 1. The Kier molecular flexibility index (Phi) is 2.70. The predicted octanol–water partition coefficient (Wildman–Crippen LogP) is 1.85. The second-order valence-corrected chi connectivity index (χ2v) is 2.31. The van der Waals surface area contributed by atoms with Crippen LogP contribution < -0.4 is 10.5 Å². The molecule has 0 fully saturated rings. The second kappa shape index (κ2) is 3.76. The summed E-state index contributed by atoms with van der Waals surface area (Å²) in [5.74, 6) is 2.25. The zero-order chi connectivity index (χ0) is 9.84. The van der Waals surface area contributed by atoms with Gasteiger partial charge < -0.3 is 10.5 Å². The molecule has 0 radical (unpaired) electrons. The van der Waals surface area contributed by atoms with Gasteiger partial charge >= 0.3 is 6.61 Å². The molecule has 0 heterocycles. The normalized spacial score (nSPS) is 9.69. The van der Waals surface area contributed by atoms with Gasteiger partial charge in [0.1, 0.15) is 5.75 Å². The highest BCUT2D eigenvalue weighted by Gasteiger charge is 2.05. The van der Waals surface area contributed by atoms with Crippen LogP contribution in [0.4, 0.5) is 14.5 Å². The van der Waals surface area contributed by atoms with Gasteiger partial charge in [-0.05, 0) is 12.1 Å². The quantitative estimate of drug-likeness (QED) is 0.561. The number of anilines is 1. The summed E-state index contributed by atoms with van der Waals surface area (Å²) in [7, 11) is 0. The predicted molar refractivity (Wildman–Crippen MR) is 45.4 cm³/mol. The van der Waals surface area contributed by atoms with E-state index in [-0.39, 0.29) is 5.75 Å². The van der Waals surface area contributed by atoms with E-state index in [4.69, 9.17) is 12.2 Å². The van der Waals surface area contributed by atoms with Gasteiger partial charge in [-0.25, -0.2) is 0 Å². The molecule has 0 saturated heterocycles. The van der Waals surface area contributed by atoms with Crippen molar-refractivity contribution in [3.05, 3.63) is 23.8 Å². The lowest BCUT2D eigenvalue weighted by atomic mass is 10.2. The first-order valence-electron chi connectivity index (χ1n) is 3.44.